The zero-order valence-corrected chi connectivity index (χ0v) is 18.2. The second-order valence-corrected chi connectivity index (χ2v) is 8.90. The van der Waals surface area contributed by atoms with Crippen molar-refractivity contribution in [3.05, 3.63) is 52.5 Å². The van der Waals surface area contributed by atoms with Gasteiger partial charge in [-0.05, 0) is 49.8 Å². The molecule has 2 aliphatic carbocycles. The molecule has 2 aromatic rings. The highest BCUT2D eigenvalue weighted by atomic mass is 16.7. The van der Waals surface area contributed by atoms with Crippen molar-refractivity contribution in [2.24, 2.45) is 11.8 Å². The Morgan fingerprint density at radius 1 is 1.16 bits per heavy atom. The molecule has 1 saturated carbocycles. The fourth-order valence-corrected chi connectivity index (χ4v) is 6.18. The van der Waals surface area contributed by atoms with Crippen LogP contribution in [0.1, 0.15) is 59.2 Å². The number of rotatable bonds is 2. The van der Waals surface area contributed by atoms with Gasteiger partial charge in [0, 0.05) is 23.3 Å². The zero-order chi connectivity index (χ0) is 21.8. The summed E-state index contributed by atoms with van der Waals surface area (Å²) in [6.07, 6.45) is 3.12. The summed E-state index contributed by atoms with van der Waals surface area (Å²) in [6, 6.07) is 7.63. The molecule has 1 aliphatic heterocycles. The lowest BCUT2D eigenvalue weighted by molar-refractivity contribution is -0.232. The summed E-state index contributed by atoms with van der Waals surface area (Å²) in [5.41, 5.74) is 2.92. The highest BCUT2D eigenvalue weighted by Crippen LogP contribution is 2.60. The maximum absolute atomic E-state index is 12.0. The van der Waals surface area contributed by atoms with E-state index in [2.05, 4.69) is 11.9 Å². The zero-order valence-electron chi connectivity index (χ0n) is 18.2. The maximum atomic E-state index is 12.0. The van der Waals surface area contributed by atoms with Gasteiger partial charge in [-0.15, -0.1) is 0 Å². The fourth-order valence-electron chi connectivity index (χ4n) is 6.18. The minimum Gasteiger partial charge on any atom is -0.493 e. The van der Waals surface area contributed by atoms with Crippen molar-refractivity contribution in [3.8, 4) is 5.88 Å². The molecule has 5 rings (SSSR count). The molecule has 0 radical (unpaired) electrons. The van der Waals surface area contributed by atoms with Gasteiger partial charge in [0.25, 0.3) is 0 Å². The van der Waals surface area contributed by atoms with Gasteiger partial charge in [-0.1, -0.05) is 19.1 Å². The number of aryl methyl sites for hydroxylation is 1. The first-order chi connectivity index (χ1) is 14.9. The van der Waals surface area contributed by atoms with Crippen LogP contribution in [0.15, 0.2) is 24.3 Å². The Hall–Kier alpha value is -2.51. The second kappa shape index (κ2) is 7.28. The Morgan fingerprint density at radius 2 is 1.87 bits per heavy atom. The number of aromatic nitrogens is 2. The third-order valence-electron chi connectivity index (χ3n) is 7.62. The van der Waals surface area contributed by atoms with Gasteiger partial charge in [-0.3, -0.25) is 0 Å². The molecule has 3 aliphatic rings. The van der Waals surface area contributed by atoms with Crippen LogP contribution < -0.4 is 0 Å². The van der Waals surface area contributed by atoms with Crippen LogP contribution >= 0.6 is 0 Å². The Morgan fingerprint density at radius 3 is 2.55 bits per heavy atom. The molecule has 7 nitrogen and oxygen atoms in total. The molecular formula is C24H28N2O5. The van der Waals surface area contributed by atoms with Crippen molar-refractivity contribution in [2.45, 2.75) is 50.7 Å². The molecule has 1 spiro atoms. The van der Waals surface area contributed by atoms with E-state index < -0.39 is 11.2 Å². The number of hydrogen-bond acceptors (Lipinski definition) is 7. The number of carbonyl (C=O) groups is 1. The van der Waals surface area contributed by atoms with Gasteiger partial charge >= 0.3 is 5.97 Å². The monoisotopic (exact) mass is 424 g/mol. The molecule has 1 aromatic carbocycles. The van der Waals surface area contributed by atoms with Crippen LogP contribution in [0.2, 0.25) is 0 Å². The third kappa shape index (κ3) is 2.90. The average Bonchev–Trinajstić information content (AvgIpc) is 3.25. The predicted octanol–water partition coefficient (Wildman–Crippen LogP) is 3.30. The Labute approximate surface area is 181 Å². The summed E-state index contributed by atoms with van der Waals surface area (Å²) in [7, 11) is 1.38. The lowest BCUT2D eigenvalue weighted by Gasteiger charge is -2.55. The molecule has 3 atom stereocenters. The molecular weight excluding hydrogens is 396 g/mol. The summed E-state index contributed by atoms with van der Waals surface area (Å²) in [6.45, 7) is 5.27. The number of nitrogens with zero attached hydrogens (tertiary/aromatic N) is 2. The van der Waals surface area contributed by atoms with Crippen LogP contribution in [0.3, 0.4) is 0 Å². The van der Waals surface area contributed by atoms with E-state index >= 15 is 0 Å². The van der Waals surface area contributed by atoms with Gasteiger partial charge in [0.1, 0.15) is 5.82 Å². The van der Waals surface area contributed by atoms with Crippen LogP contribution in [0.25, 0.3) is 0 Å². The standard InChI is InChI=1S/C24H28N2O5/c1-14-19-9-8-18-20(25-15(2)26-21(18)27)23(19,10-11-24(14)30-12-13-31-24)17-6-4-16(5-7-17)22(28)29-3/h4-7,14,19H,8-13H2,1-3H3,(H,25,26,27)/t14-,19+,23-/m0/s1. The lowest BCUT2D eigenvalue weighted by Crippen LogP contribution is -2.57. The molecule has 164 valence electrons. The van der Waals surface area contributed by atoms with Crippen LogP contribution in [0.5, 0.6) is 5.88 Å². The number of carbonyl (C=O) groups excluding carboxylic acids is 1. The minimum atomic E-state index is -0.554. The first kappa shape index (κ1) is 20.4. The first-order valence-electron chi connectivity index (χ1n) is 10.9. The average molecular weight is 424 g/mol. The lowest BCUT2D eigenvalue weighted by atomic mass is 9.51. The third-order valence-corrected chi connectivity index (χ3v) is 7.62. The number of benzene rings is 1. The molecule has 1 N–H and O–H groups in total. The first-order valence-corrected chi connectivity index (χ1v) is 10.9. The van der Waals surface area contributed by atoms with Gasteiger partial charge in [-0.2, -0.15) is 4.98 Å². The predicted molar refractivity (Wildman–Crippen MR) is 112 cm³/mol. The van der Waals surface area contributed by atoms with Crippen LogP contribution in [-0.2, 0) is 26.0 Å². The summed E-state index contributed by atoms with van der Waals surface area (Å²) < 4.78 is 17.2. The highest BCUT2D eigenvalue weighted by Gasteiger charge is 2.60. The molecule has 2 fully saturated rings. The minimum absolute atomic E-state index is 0.0767. The quantitative estimate of drug-likeness (QED) is 0.740. The summed E-state index contributed by atoms with van der Waals surface area (Å²) in [5, 5.41) is 10.6. The van der Waals surface area contributed by atoms with E-state index in [0.29, 0.717) is 31.0 Å². The number of methoxy groups -OCH3 is 1. The van der Waals surface area contributed by atoms with Gasteiger partial charge in [-0.25, -0.2) is 9.78 Å². The molecule has 0 amide bonds. The van der Waals surface area contributed by atoms with Crippen LogP contribution in [-0.4, -0.2) is 47.2 Å². The largest absolute Gasteiger partial charge is 0.493 e. The molecule has 2 heterocycles. The number of esters is 1. The van der Waals surface area contributed by atoms with Crippen molar-refractivity contribution in [3.63, 3.8) is 0 Å². The van der Waals surface area contributed by atoms with Crippen molar-refractivity contribution in [1.29, 1.82) is 0 Å². The molecule has 31 heavy (non-hydrogen) atoms. The van der Waals surface area contributed by atoms with Crippen molar-refractivity contribution >= 4 is 5.97 Å². The van der Waals surface area contributed by atoms with E-state index in [-0.39, 0.29) is 23.7 Å². The van der Waals surface area contributed by atoms with Gasteiger partial charge in [0.2, 0.25) is 5.88 Å². The molecule has 0 unspecified atom stereocenters. The van der Waals surface area contributed by atoms with Crippen LogP contribution in [0.4, 0.5) is 0 Å². The number of ether oxygens (including phenoxy) is 3. The summed E-state index contributed by atoms with van der Waals surface area (Å²) >= 11 is 0. The molecule has 1 saturated heterocycles. The smallest absolute Gasteiger partial charge is 0.337 e. The van der Waals surface area contributed by atoms with Gasteiger partial charge < -0.3 is 19.3 Å². The van der Waals surface area contributed by atoms with E-state index in [9.17, 15) is 9.90 Å². The topological polar surface area (TPSA) is 90.8 Å². The van der Waals surface area contributed by atoms with E-state index in [1.807, 2.05) is 31.2 Å². The van der Waals surface area contributed by atoms with E-state index in [4.69, 9.17) is 19.2 Å². The van der Waals surface area contributed by atoms with E-state index in [1.54, 1.807) is 0 Å². The van der Waals surface area contributed by atoms with Crippen molar-refractivity contribution in [1.82, 2.24) is 9.97 Å². The molecule has 7 heteroatoms. The summed E-state index contributed by atoms with van der Waals surface area (Å²) in [5.74, 6) is 0.0850. The van der Waals surface area contributed by atoms with Crippen molar-refractivity contribution < 1.29 is 24.1 Å². The Bertz CT molecular complexity index is 1020. The Balaban J connectivity index is 1.69. The fraction of sp³-hybridized carbons (Fsp3) is 0.542. The van der Waals surface area contributed by atoms with Gasteiger partial charge in [0.15, 0.2) is 5.79 Å². The van der Waals surface area contributed by atoms with E-state index in [0.717, 1.165) is 36.1 Å². The van der Waals surface area contributed by atoms with E-state index in [1.165, 1.54) is 7.11 Å². The highest BCUT2D eigenvalue weighted by molar-refractivity contribution is 5.89. The van der Waals surface area contributed by atoms with Gasteiger partial charge in [0.05, 0.1) is 31.6 Å². The second-order valence-electron chi connectivity index (χ2n) is 8.90. The molecule has 0 bridgehead atoms. The molecule has 1 aromatic heterocycles. The number of fused-ring (bicyclic) bond motifs is 3. The summed E-state index contributed by atoms with van der Waals surface area (Å²) in [4.78, 5) is 21.1. The normalized spacial score (nSPS) is 28.7. The SMILES string of the molecule is COC(=O)c1ccc([C@@]23CCC4(OCCO4)[C@@H](C)[C@H]2CCc2c(O)nc(C)nc23)cc1. The Kier molecular flexibility index (Phi) is 4.79. The van der Waals surface area contributed by atoms with Crippen molar-refractivity contribution in [2.75, 3.05) is 20.3 Å². The number of hydrogen-bond donors (Lipinski definition) is 1. The van der Waals surface area contributed by atoms with Crippen LogP contribution in [0, 0.1) is 18.8 Å². The maximum Gasteiger partial charge on any atom is 0.337 e. The number of aromatic hydroxyl groups is 1.